The molecule has 0 fully saturated rings. The molecule has 0 radical (unpaired) electrons. The third kappa shape index (κ3) is 3.88. The van der Waals surface area contributed by atoms with Crippen molar-refractivity contribution in [2.75, 3.05) is 0 Å². The molecule has 5 heteroatoms. The number of hydrogen-bond acceptors (Lipinski definition) is 3. The lowest BCUT2D eigenvalue weighted by molar-refractivity contribution is 1.10. The zero-order chi connectivity index (χ0) is 29.8. The molecule has 45 heavy (non-hydrogen) atoms. The van der Waals surface area contributed by atoms with Crippen molar-refractivity contribution in [3.63, 3.8) is 0 Å². The van der Waals surface area contributed by atoms with E-state index in [1.807, 2.05) is 0 Å². The van der Waals surface area contributed by atoms with Crippen molar-refractivity contribution in [1.82, 2.24) is 14.5 Å². The van der Waals surface area contributed by atoms with Gasteiger partial charge in [-0.1, -0.05) is 146 Å². The van der Waals surface area contributed by atoms with E-state index in [1.165, 1.54) is 36.4 Å². The van der Waals surface area contributed by atoms with E-state index in [-0.39, 0.29) is 0 Å². The fourth-order valence-electron chi connectivity index (χ4n) is 7.00. The maximum absolute atomic E-state index is 5.76. The number of nitrogens with zero attached hydrogens (tertiary/aromatic N) is 3. The molecule has 0 unspecified atom stereocenters. The van der Waals surface area contributed by atoms with Crippen molar-refractivity contribution in [3.8, 4) is 5.82 Å². The van der Waals surface area contributed by atoms with Gasteiger partial charge in [0.2, 0.25) is 8.07 Å². The minimum atomic E-state index is -2.99. The molecule has 0 saturated heterocycles. The van der Waals surface area contributed by atoms with Crippen LogP contribution in [0.5, 0.6) is 0 Å². The summed E-state index contributed by atoms with van der Waals surface area (Å²) in [5, 5.41) is 7.39. The minimum Gasteiger partial charge on any atom is -0.292 e. The lowest BCUT2D eigenvalue weighted by Gasteiger charge is -2.32. The van der Waals surface area contributed by atoms with E-state index in [2.05, 4.69) is 168 Å². The van der Waals surface area contributed by atoms with Gasteiger partial charge in [0.1, 0.15) is 5.45 Å². The Morgan fingerprint density at radius 2 is 0.889 bits per heavy atom. The number of hydrogen-bond donors (Lipinski definition) is 0. The predicted molar refractivity (Wildman–Crippen MR) is 193 cm³/mol. The van der Waals surface area contributed by atoms with E-state index < -0.39 is 8.07 Å². The molecule has 0 amide bonds. The van der Waals surface area contributed by atoms with E-state index >= 15 is 0 Å². The van der Waals surface area contributed by atoms with Crippen molar-refractivity contribution in [1.29, 1.82) is 0 Å². The van der Waals surface area contributed by atoms with Crippen LogP contribution in [0.2, 0.25) is 0 Å². The third-order valence-corrected chi connectivity index (χ3v) is 14.6. The molecule has 6 aromatic carbocycles. The molecule has 0 aliphatic heterocycles. The molecule has 0 spiro atoms. The molecule has 0 aliphatic carbocycles. The van der Waals surface area contributed by atoms with Gasteiger partial charge in [-0.05, 0) is 33.8 Å². The van der Waals surface area contributed by atoms with Crippen molar-refractivity contribution in [2.45, 2.75) is 0 Å². The van der Waals surface area contributed by atoms with Crippen LogP contribution in [0.4, 0.5) is 0 Å². The maximum Gasteiger partial charge on any atom is 0.226 e. The Labute approximate surface area is 265 Å². The normalized spacial score (nSPS) is 12.0. The average Bonchev–Trinajstić information content (AvgIpc) is 3.66. The zero-order valence-electron chi connectivity index (χ0n) is 24.3. The van der Waals surface area contributed by atoms with E-state index in [1.54, 1.807) is 11.3 Å². The van der Waals surface area contributed by atoms with Crippen LogP contribution in [0.15, 0.2) is 164 Å². The smallest absolute Gasteiger partial charge is 0.226 e. The van der Waals surface area contributed by atoms with Crippen LogP contribution in [0.25, 0.3) is 47.9 Å². The highest BCUT2D eigenvalue weighted by molar-refractivity contribution is 7.26. The van der Waals surface area contributed by atoms with Gasteiger partial charge < -0.3 is 0 Å². The van der Waals surface area contributed by atoms with E-state index in [4.69, 9.17) is 9.97 Å². The monoisotopic (exact) mass is 609 g/mol. The zero-order valence-corrected chi connectivity index (χ0v) is 26.2. The van der Waals surface area contributed by atoms with Crippen molar-refractivity contribution in [3.05, 3.63) is 164 Å². The fraction of sp³-hybridized carbons (Fsp3) is 0. The van der Waals surface area contributed by atoms with Crippen LogP contribution in [-0.2, 0) is 0 Å². The second-order valence-corrected chi connectivity index (χ2v) is 16.1. The lowest BCUT2D eigenvalue weighted by Crippen LogP contribution is -2.76. The third-order valence-electron chi connectivity index (χ3n) is 8.95. The average molecular weight is 610 g/mol. The van der Waals surface area contributed by atoms with Crippen LogP contribution in [-0.4, -0.2) is 22.6 Å². The number of thiophene rings is 1. The fourth-order valence-corrected chi connectivity index (χ4v) is 12.5. The standard InChI is InChI=1S/C40H27N3SSi/c1-4-16-28(17-5-1)45(29-18-6-2-7-19-29,30-20-8-3-9-21-30)40-41-37-33-24-12-15-27-36(33)44-38(37)39(42-40)43-34-25-13-10-22-31(34)32-23-11-14-26-35(32)43/h1-27H. The van der Waals surface area contributed by atoms with Gasteiger partial charge in [-0.25, -0.2) is 9.97 Å². The highest BCUT2D eigenvalue weighted by Crippen LogP contribution is 2.38. The first-order chi connectivity index (χ1) is 22.3. The highest BCUT2D eigenvalue weighted by atomic mass is 32.1. The molecule has 3 aromatic heterocycles. The molecule has 0 N–H and O–H groups in total. The Hall–Kier alpha value is -5.36. The van der Waals surface area contributed by atoms with Gasteiger partial charge in [0.05, 0.1) is 21.3 Å². The van der Waals surface area contributed by atoms with Crippen molar-refractivity contribution >= 4 is 82.5 Å². The predicted octanol–water partition coefficient (Wildman–Crippen LogP) is 7.32. The first kappa shape index (κ1) is 26.1. The number of rotatable bonds is 5. The van der Waals surface area contributed by atoms with Gasteiger partial charge in [0.25, 0.3) is 0 Å². The molecule has 0 atom stereocenters. The second-order valence-electron chi connectivity index (χ2n) is 11.4. The van der Waals surface area contributed by atoms with Gasteiger partial charge >= 0.3 is 0 Å². The molecular formula is C40H27N3SSi. The lowest BCUT2D eigenvalue weighted by atomic mass is 10.2. The molecule has 9 rings (SSSR count). The van der Waals surface area contributed by atoms with Crippen LogP contribution in [0.3, 0.4) is 0 Å². The Morgan fingerprint density at radius 1 is 0.444 bits per heavy atom. The summed E-state index contributed by atoms with van der Waals surface area (Å²) in [7, 11) is -2.99. The van der Waals surface area contributed by atoms with Crippen LogP contribution < -0.4 is 21.0 Å². The first-order valence-corrected chi connectivity index (χ1v) is 18.0. The largest absolute Gasteiger partial charge is 0.292 e. The number of fused-ring (bicyclic) bond motifs is 6. The Morgan fingerprint density at radius 3 is 1.42 bits per heavy atom. The summed E-state index contributed by atoms with van der Waals surface area (Å²) in [5.74, 6) is 0.938. The molecule has 9 aromatic rings. The SMILES string of the molecule is c1ccc([Si](c2ccccc2)(c2ccccc2)c2nc(-n3c4ccccc4c4ccccc43)c3sc4ccccc4c3n2)cc1. The molecule has 0 bridgehead atoms. The summed E-state index contributed by atoms with van der Waals surface area (Å²) >= 11 is 1.78. The molecule has 212 valence electrons. The Balaban J connectivity index is 1.51. The van der Waals surface area contributed by atoms with E-state index in [0.717, 1.165) is 32.5 Å². The Bertz CT molecular complexity index is 2340. The summed E-state index contributed by atoms with van der Waals surface area (Å²) in [6.07, 6.45) is 0. The van der Waals surface area contributed by atoms with Gasteiger partial charge in [-0.15, -0.1) is 11.3 Å². The second kappa shape index (κ2) is 10.4. The van der Waals surface area contributed by atoms with Crippen molar-refractivity contribution in [2.24, 2.45) is 0 Å². The highest BCUT2D eigenvalue weighted by Gasteiger charge is 2.45. The summed E-state index contributed by atoms with van der Waals surface area (Å²) < 4.78 is 4.68. The molecule has 3 nitrogen and oxygen atoms in total. The van der Waals surface area contributed by atoms with E-state index in [9.17, 15) is 0 Å². The van der Waals surface area contributed by atoms with Crippen LogP contribution >= 0.6 is 11.3 Å². The van der Waals surface area contributed by atoms with Crippen LogP contribution in [0.1, 0.15) is 0 Å². The van der Waals surface area contributed by atoms with Crippen LogP contribution in [0, 0.1) is 0 Å². The van der Waals surface area contributed by atoms with Gasteiger partial charge in [0, 0.05) is 20.9 Å². The summed E-state index contributed by atoms with van der Waals surface area (Å²) in [6, 6.07) is 58.8. The van der Waals surface area contributed by atoms with Gasteiger partial charge in [0.15, 0.2) is 5.82 Å². The Kier molecular flexibility index (Phi) is 6.01. The van der Waals surface area contributed by atoms with Gasteiger partial charge in [-0.2, -0.15) is 0 Å². The quantitative estimate of drug-likeness (QED) is 0.151. The topological polar surface area (TPSA) is 30.7 Å². The maximum atomic E-state index is 5.76. The molecule has 0 saturated carbocycles. The van der Waals surface area contributed by atoms with Crippen molar-refractivity contribution < 1.29 is 0 Å². The molecular weight excluding hydrogens is 583 g/mol. The number of benzene rings is 6. The number of aromatic nitrogens is 3. The minimum absolute atomic E-state index is 0.888. The van der Waals surface area contributed by atoms with E-state index in [0.29, 0.717) is 0 Å². The first-order valence-electron chi connectivity index (χ1n) is 15.2. The summed E-state index contributed by atoms with van der Waals surface area (Å²) in [6.45, 7) is 0. The summed E-state index contributed by atoms with van der Waals surface area (Å²) in [4.78, 5) is 11.4. The van der Waals surface area contributed by atoms with Gasteiger partial charge in [-0.3, -0.25) is 4.57 Å². The molecule has 3 heterocycles. The summed E-state index contributed by atoms with van der Waals surface area (Å²) in [5.41, 5.74) is 4.19. The number of para-hydroxylation sites is 2. The molecule has 0 aliphatic rings.